The van der Waals surface area contributed by atoms with Crippen LogP contribution in [0.5, 0.6) is 11.5 Å². The smallest absolute Gasteiger partial charge is 0.161 e. The van der Waals surface area contributed by atoms with Crippen LogP contribution in [-0.4, -0.2) is 12.2 Å². The molecule has 0 spiro atoms. The van der Waals surface area contributed by atoms with Crippen molar-refractivity contribution in [2.75, 3.05) is 7.11 Å². The van der Waals surface area contributed by atoms with Crippen LogP contribution < -0.4 is 4.74 Å². The minimum Gasteiger partial charge on any atom is -0.504 e. The number of rotatable bonds is 3. The second-order valence-corrected chi connectivity index (χ2v) is 2.79. The number of hydrogen-bond acceptors (Lipinski definition) is 2. The minimum atomic E-state index is 0.180. The number of aromatic hydroxyl groups is 1. The van der Waals surface area contributed by atoms with Gasteiger partial charge in [-0.05, 0) is 12.5 Å². The number of para-hydroxylation sites is 1. The summed E-state index contributed by atoms with van der Waals surface area (Å²) < 4.78 is 4.96. The van der Waals surface area contributed by atoms with Crippen molar-refractivity contribution in [2.24, 2.45) is 0 Å². The Balaban J connectivity index is 2.94. The third kappa shape index (κ3) is 2.39. The predicted molar refractivity (Wildman–Crippen MR) is 53.4 cm³/mol. The zero-order valence-electron chi connectivity index (χ0n) is 7.33. The van der Waals surface area contributed by atoms with E-state index < -0.39 is 0 Å². The maximum Gasteiger partial charge on any atom is 0.161 e. The third-order valence-electron chi connectivity index (χ3n) is 1.73. The molecule has 1 N–H and O–H groups in total. The van der Waals surface area contributed by atoms with Crippen LogP contribution in [0.4, 0.5) is 0 Å². The highest BCUT2D eigenvalue weighted by molar-refractivity contribution is 6.25. The molecule has 0 aliphatic rings. The van der Waals surface area contributed by atoms with Crippen molar-refractivity contribution in [2.45, 2.75) is 6.42 Å². The van der Waals surface area contributed by atoms with Crippen molar-refractivity contribution >= 4 is 11.6 Å². The molecule has 0 aromatic heterocycles. The number of allylic oxidation sites excluding steroid dienone is 1. The lowest BCUT2D eigenvalue weighted by molar-refractivity contribution is 0.371. The molecule has 1 aromatic rings. The third-order valence-corrected chi connectivity index (χ3v) is 1.91. The van der Waals surface area contributed by atoms with Crippen molar-refractivity contribution in [3.8, 4) is 11.5 Å². The standard InChI is InChI=1S/C10H11ClO2/c1-13-9-6-2-4-8(10(9)12)5-3-7-11/h2-4,6-7,12H,5H2,1H3/b7-3-. The van der Waals surface area contributed by atoms with Gasteiger partial charge in [-0.15, -0.1) is 0 Å². The summed E-state index contributed by atoms with van der Waals surface area (Å²) >= 11 is 5.38. The van der Waals surface area contributed by atoms with Gasteiger partial charge in [0.05, 0.1) is 7.11 Å². The van der Waals surface area contributed by atoms with E-state index in [1.807, 2.05) is 12.1 Å². The minimum absolute atomic E-state index is 0.180. The Morgan fingerprint density at radius 3 is 2.92 bits per heavy atom. The normalized spacial score (nSPS) is 10.6. The van der Waals surface area contributed by atoms with Gasteiger partial charge in [0.15, 0.2) is 11.5 Å². The zero-order valence-corrected chi connectivity index (χ0v) is 8.08. The summed E-state index contributed by atoms with van der Waals surface area (Å²) in [7, 11) is 1.52. The van der Waals surface area contributed by atoms with Gasteiger partial charge in [0.1, 0.15) is 0 Å². The van der Waals surface area contributed by atoms with Crippen LogP contribution >= 0.6 is 11.6 Å². The first-order chi connectivity index (χ1) is 6.29. The number of ether oxygens (including phenoxy) is 1. The van der Waals surface area contributed by atoms with Crippen LogP contribution in [-0.2, 0) is 6.42 Å². The van der Waals surface area contributed by atoms with E-state index in [1.54, 1.807) is 12.1 Å². The Kier molecular flexibility index (Phi) is 3.65. The monoisotopic (exact) mass is 198 g/mol. The van der Waals surface area contributed by atoms with E-state index in [2.05, 4.69) is 0 Å². The number of phenols is 1. The lowest BCUT2D eigenvalue weighted by Crippen LogP contribution is -1.87. The van der Waals surface area contributed by atoms with E-state index in [0.717, 1.165) is 5.56 Å². The second-order valence-electron chi connectivity index (χ2n) is 2.53. The molecule has 0 saturated heterocycles. The molecule has 3 heteroatoms. The van der Waals surface area contributed by atoms with Gasteiger partial charge in [-0.2, -0.15) is 0 Å². The molecule has 0 atom stereocenters. The van der Waals surface area contributed by atoms with Gasteiger partial charge in [0.25, 0.3) is 0 Å². The molecule has 1 rings (SSSR count). The first kappa shape index (κ1) is 9.93. The van der Waals surface area contributed by atoms with Gasteiger partial charge in [-0.3, -0.25) is 0 Å². The Hall–Kier alpha value is -1.15. The molecule has 1 aromatic carbocycles. The van der Waals surface area contributed by atoms with Gasteiger partial charge in [-0.25, -0.2) is 0 Å². The number of methoxy groups -OCH3 is 1. The maximum absolute atomic E-state index is 9.61. The van der Waals surface area contributed by atoms with Crippen LogP contribution in [0, 0.1) is 0 Å². The zero-order chi connectivity index (χ0) is 9.68. The van der Waals surface area contributed by atoms with Crippen molar-refractivity contribution in [1.29, 1.82) is 0 Å². The fourth-order valence-corrected chi connectivity index (χ4v) is 1.16. The summed E-state index contributed by atoms with van der Waals surface area (Å²) in [5.74, 6) is 0.667. The summed E-state index contributed by atoms with van der Waals surface area (Å²) in [6, 6.07) is 5.37. The van der Waals surface area contributed by atoms with Crippen LogP contribution in [0.2, 0.25) is 0 Å². The molecule has 0 amide bonds. The maximum atomic E-state index is 9.61. The van der Waals surface area contributed by atoms with Gasteiger partial charge in [0, 0.05) is 11.1 Å². The molecule has 0 unspecified atom stereocenters. The van der Waals surface area contributed by atoms with Crippen molar-refractivity contribution < 1.29 is 9.84 Å². The van der Waals surface area contributed by atoms with E-state index in [4.69, 9.17) is 16.3 Å². The Morgan fingerprint density at radius 1 is 1.54 bits per heavy atom. The molecule has 0 saturated carbocycles. The van der Waals surface area contributed by atoms with Crippen LogP contribution in [0.3, 0.4) is 0 Å². The van der Waals surface area contributed by atoms with E-state index in [0.29, 0.717) is 12.2 Å². The number of hydrogen-bond donors (Lipinski definition) is 1. The van der Waals surface area contributed by atoms with Gasteiger partial charge < -0.3 is 9.84 Å². The van der Waals surface area contributed by atoms with Gasteiger partial charge >= 0.3 is 0 Å². The Morgan fingerprint density at radius 2 is 2.31 bits per heavy atom. The van der Waals surface area contributed by atoms with Crippen LogP contribution in [0.15, 0.2) is 29.8 Å². The summed E-state index contributed by atoms with van der Waals surface area (Å²) in [4.78, 5) is 0. The van der Waals surface area contributed by atoms with Crippen LogP contribution in [0.25, 0.3) is 0 Å². The fourth-order valence-electron chi connectivity index (χ4n) is 1.07. The topological polar surface area (TPSA) is 29.5 Å². The largest absolute Gasteiger partial charge is 0.504 e. The number of phenolic OH excluding ortho intramolecular Hbond substituents is 1. The molecule has 0 heterocycles. The molecular weight excluding hydrogens is 188 g/mol. The lowest BCUT2D eigenvalue weighted by atomic mass is 10.1. The fraction of sp³-hybridized carbons (Fsp3) is 0.200. The Bertz CT molecular complexity index is 308. The molecule has 0 fully saturated rings. The first-order valence-electron chi connectivity index (χ1n) is 3.89. The van der Waals surface area contributed by atoms with Crippen molar-refractivity contribution in [1.82, 2.24) is 0 Å². The Labute approximate surface area is 82.4 Å². The molecule has 70 valence electrons. The molecule has 0 aliphatic carbocycles. The average molecular weight is 199 g/mol. The summed E-state index contributed by atoms with van der Waals surface area (Å²) in [5.41, 5.74) is 2.23. The predicted octanol–water partition coefficient (Wildman–Crippen LogP) is 2.70. The highest BCUT2D eigenvalue weighted by Crippen LogP contribution is 2.29. The SMILES string of the molecule is COc1cccc(C/C=C\Cl)c1O. The van der Waals surface area contributed by atoms with Gasteiger partial charge in [0.2, 0.25) is 0 Å². The van der Waals surface area contributed by atoms with Crippen LogP contribution in [0.1, 0.15) is 5.56 Å². The van der Waals surface area contributed by atoms with E-state index in [9.17, 15) is 5.11 Å². The summed E-state index contributed by atoms with van der Waals surface area (Å²) in [6.45, 7) is 0. The molecule has 0 radical (unpaired) electrons. The summed E-state index contributed by atoms with van der Waals surface area (Å²) in [5, 5.41) is 9.61. The molecule has 0 aliphatic heterocycles. The number of benzene rings is 1. The lowest BCUT2D eigenvalue weighted by Gasteiger charge is -2.06. The highest BCUT2D eigenvalue weighted by Gasteiger charge is 2.04. The first-order valence-corrected chi connectivity index (χ1v) is 4.33. The molecule has 2 nitrogen and oxygen atoms in total. The number of halogens is 1. The molecule has 13 heavy (non-hydrogen) atoms. The van der Waals surface area contributed by atoms with Crippen molar-refractivity contribution in [3.63, 3.8) is 0 Å². The summed E-state index contributed by atoms with van der Waals surface area (Å²) in [6.07, 6.45) is 2.36. The molecular formula is C10H11ClO2. The van der Waals surface area contributed by atoms with E-state index in [1.165, 1.54) is 12.6 Å². The van der Waals surface area contributed by atoms with E-state index >= 15 is 0 Å². The van der Waals surface area contributed by atoms with Gasteiger partial charge in [-0.1, -0.05) is 29.8 Å². The quantitative estimate of drug-likeness (QED) is 0.809. The molecule has 0 bridgehead atoms. The van der Waals surface area contributed by atoms with E-state index in [-0.39, 0.29) is 5.75 Å². The second kappa shape index (κ2) is 4.77. The average Bonchev–Trinajstić information content (AvgIpc) is 2.16. The highest BCUT2D eigenvalue weighted by atomic mass is 35.5. The van der Waals surface area contributed by atoms with Crippen molar-refractivity contribution in [3.05, 3.63) is 35.4 Å².